The molecule has 0 radical (unpaired) electrons. The number of para-hydroxylation sites is 1. The molecule has 0 N–H and O–H groups in total. The number of fused-ring (bicyclic) bond motifs is 7. The summed E-state index contributed by atoms with van der Waals surface area (Å²) < 4.78 is 5.29. The highest BCUT2D eigenvalue weighted by Crippen LogP contribution is 2.45. The molecule has 11 rings (SSSR count). The molecule has 1 nitrogen and oxygen atoms in total. The van der Waals surface area contributed by atoms with Crippen molar-refractivity contribution in [2.75, 3.05) is 4.90 Å². The van der Waals surface area contributed by atoms with Crippen molar-refractivity contribution in [1.29, 1.82) is 0 Å². The normalized spacial score (nSPS) is 11.6. The van der Waals surface area contributed by atoms with Gasteiger partial charge in [0, 0.05) is 57.3 Å². The van der Waals surface area contributed by atoms with E-state index in [2.05, 4.69) is 205 Å². The molecule has 0 saturated heterocycles. The average molecular weight is 736 g/mol. The van der Waals surface area contributed by atoms with Gasteiger partial charge in [0.1, 0.15) is 0 Å². The Morgan fingerprint density at radius 2 is 0.800 bits per heavy atom. The Morgan fingerprint density at radius 1 is 0.291 bits per heavy atom. The zero-order valence-corrected chi connectivity index (χ0v) is 31.4. The minimum atomic E-state index is 1.11. The number of hydrogen-bond acceptors (Lipinski definition) is 3. The molecule has 0 unspecified atom stereocenters. The van der Waals surface area contributed by atoms with Gasteiger partial charge < -0.3 is 4.90 Å². The van der Waals surface area contributed by atoms with E-state index in [9.17, 15) is 0 Å². The van der Waals surface area contributed by atoms with Crippen LogP contribution in [0.5, 0.6) is 0 Å². The van der Waals surface area contributed by atoms with Crippen molar-refractivity contribution in [1.82, 2.24) is 0 Å². The van der Waals surface area contributed by atoms with Crippen LogP contribution >= 0.6 is 22.7 Å². The van der Waals surface area contributed by atoms with Crippen LogP contribution in [-0.2, 0) is 0 Å². The van der Waals surface area contributed by atoms with Crippen molar-refractivity contribution in [3.63, 3.8) is 0 Å². The monoisotopic (exact) mass is 735 g/mol. The fraction of sp³-hybridized carbons (Fsp3) is 0. The molecule has 55 heavy (non-hydrogen) atoms. The number of hydrogen-bond donors (Lipinski definition) is 0. The van der Waals surface area contributed by atoms with Crippen LogP contribution in [0.15, 0.2) is 200 Å². The fourth-order valence-electron chi connectivity index (χ4n) is 8.22. The molecule has 2 aromatic heterocycles. The minimum absolute atomic E-state index is 1.11. The number of anilines is 3. The summed E-state index contributed by atoms with van der Waals surface area (Å²) in [6.07, 6.45) is 0. The van der Waals surface area contributed by atoms with Gasteiger partial charge in [0.2, 0.25) is 0 Å². The fourth-order valence-corrected chi connectivity index (χ4v) is 10.5. The van der Waals surface area contributed by atoms with E-state index >= 15 is 0 Å². The summed E-state index contributed by atoms with van der Waals surface area (Å²) in [6, 6.07) is 73.5. The summed E-state index contributed by atoms with van der Waals surface area (Å²) in [5, 5.41) is 7.78. The molecule has 0 aliphatic heterocycles. The number of nitrogens with zero attached hydrogens (tertiary/aromatic N) is 1. The third-order valence-electron chi connectivity index (χ3n) is 10.9. The van der Waals surface area contributed by atoms with Gasteiger partial charge in [-0.05, 0) is 93.2 Å². The topological polar surface area (TPSA) is 3.24 Å². The maximum Gasteiger partial charge on any atom is 0.0540 e. The third-order valence-corrected chi connectivity index (χ3v) is 13.1. The van der Waals surface area contributed by atoms with Crippen molar-refractivity contribution < 1.29 is 0 Å². The lowest BCUT2D eigenvalue weighted by atomic mass is 9.95. The molecule has 3 heteroatoms. The van der Waals surface area contributed by atoms with Crippen LogP contribution < -0.4 is 4.90 Å². The Morgan fingerprint density at radius 3 is 1.53 bits per heavy atom. The van der Waals surface area contributed by atoms with Crippen LogP contribution in [0.3, 0.4) is 0 Å². The van der Waals surface area contributed by atoms with Gasteiger partial charge in [-0.3, -0.25) is 0 Å². The first-order valence-electron chi connectivity index (χ1n) is 18.7. The van der Waals surface area contributed by atoms with Crippen molar-refractivity contribution >= 4 is 90.9 Å². The summed E-state index contributed by atoms with van der Waals surface area (Å²) in [7, 11) is 0. The second-order valence-electron chi connectivity index (χ2n) is 14.1. The van der Waals surface area contributed by atoms with E-state index in [4.69, 9.17) is 0 Å². The molecular weight excluding hydrogens is 703 g/mol. The average Bonchev–Trinajstić information content (AvgIpc) is 3.82. The zero-order chi connectivity index (χ0) is 36.3. The molecule has 0 spiro atoms. The molecule has 0 saturated carbocycles. The van der Waals surface area contributed by atoms with Crippen LogP contribution in [0.25, 0.3) is 84.5 Å². The predicted molar refractivity (Wildman–Crippen MR) is 241 cm³/mol. The van der Waals surface area contributed by atoms with Gasteiger partial charge in [0.05, 0.1) is 5.69 Å². The van der Waals surface area contributed by atoms with Gasteiger partial charge in [-0.25, -0.2) is 0 Å². The van der Waals surface area contributed by atoms with Gasteiger partial charge in [-0.1, -0.05) is 146 Å². The lowest BCUT2D eigenvalue weighted by Gasteiger charge is -2.29. The predicted octanol–water partition coefficient (Wildman–Crippen LogP) is 16.0. The van der Waals surface area contributed by atoms with Crippen LogP contribution in [0.1, 0.15) is 0 Å². The van der Waals surface area contributed by atoms with Crippen molar-refractivity contribution in [2.24, 2.45) is 0 Å². The lowest BCUT2D eigenvalue weighted by Crippen LogP contribution is -2.11. The van der Waals surface area contributed by atoms with Crippen LogP contribution in [0.4, 0.5) is 17.1 Å². The number of rotatable bonds is 6. The van der Waals surface area contributed by atoms with Gasteiger partial charge >= 0.3 is 0 Å². The summed E-state index contributed by atoms with van der Waals surface area (Å²) in [4.78, 5) is 2.43. The van der Waals surface area contributed by atoms with Gasteiger partial charge in [-0.2, -0.15) is 0 Å². The second kappa shape index (κ2) is 13.1. The maximum atomic E-state index is 2.43. The van der Waals surface area contributed by atoms with Gasteiger partial charge in [0.25, 0.3) is 0 Å². The molecule has 11 aromatic rings. The molecule has 2 heterocycles. The first-order chi connectivity index (χ1) is 27.2. The van der Waals surface area contributed by atoms with Crippen LogP contribution in [0.2, 0.25) is 0 Å². The molecule has 0 bridgehead atoms. The van der Waals surface area contributed by atoms with E-state index in [1.807, 2.05) is 22.7 Å². The quantitative estimate of drug-likeness (QED) is 0.164. The van der Waals surface area contributed by atoms with E-state index in [1.54, 1.807) is 0 Å². The minimum Gasteiger partial charge on any atom is -0.310 e. The van der Waals surface area contributed by atoms with Crippen molar-refractivity contribution in [2.45, 2.75) is 0 Å². The Hall–Kier alpha value is -6.52. The Balaban J connectivity index is 1.05. The SMILES string of the molecule is c1cc(-c2ccc3c(c2)sc2ccccc23)cc(N(c2ccc(-c3ccc4c(c3)sc3ccccc34)cc2)c2ccccc2-c2cccc3ccccc23)c1. The highest BCUT2D eigenvalue weighted by Gasteiger charge is 2.19. The van der Waals surface area contributed by atoms with E-state index < -0.39 is 0 Å². The van der Waals surface area contributed by atoms with Gasteiger partial charge in [0.15, 0.2) is 0 Å². The summed E-state index contributed by atoms with van der Waals surface area (Å²) in [5.41, 5.74) is 10.6. The van der Waals surface area contributed by atoms with E-state index in [0.29, 0.717) is 0 Å². The molecular formula is C52H33NS2. The highest BCUT2D eigenvalue weighted by atomic mass is 32.1. The van der Waals surface area contributed by atoms with Crippen molar-refractivity contribution in [3.05, 3.63) is 200 Å². The molecule has 0 aliphatic carbocycles. The van der Waals surface area contributed by atoms with E-state index in [0.717, 1.165) is 17.1 Å². The molecule has 0 aliphatic rings. The Bertz CT molecular complexity index is 3220. The largest absolute Gasteiger partial charge is 0.310 e. The van der Waals surface area contributed by atoms with E-state index in [1.165, 1.54) is 84.5 Å². The first kappa shape index (κ1) is 32.0. The molecule has 0 fully saturated rings. The Labute approximate surface area is 327 Å². The third kappa shape index (κ3) is 5.51. The van der Waals surface area contributed by atoms with Crippen LogP contribution in [-0.4, -0.2) is 0 Å². The maximum absolute atomic E-state index is 2.43. The standard InChI is InChI=1S/C52H33NS2/c1-2-15-41-35(11-1)12-10-19-42(41)43-16-3-6-20-48(43)53(39-27-23-34(24-28-39)37-25-29-46-44-17-4-7-21-49(44)54-51(46)32-37)40-14-9-13-36(31-40)38-26-30-47-45-18-5-8-22-50(45)55-52(47)33-38/h1-33H. The molecule has 9 aromatic carbocycles. The Kier molecular flexibility index (Phi) is 7.61. The number of benzene rings is 9. The van der Waals surface area contributed by atoms with Crippen molar-refractivity contribution in [3.8, 4) is 33.4 Å². The van der Waals surface area contributed by atoms with E-state index in [-0.39, 0.29) is 0 Å². The summed E-state index contributed by atoms with van der Waals surface area (Å²) in [6.45, 7) is 0. The molecule has 0 atom stereocenters. The highest BCUT2D eigenvalue weighted by molar-refractivity contribution is 7.26. The first-order valence-corrected chi connectivity index (χ1v) is 20.3. The molecule has 0 amide bonds. The van der Waals surface area contributed by atoms with Crippen LogP contribution in [0, 0.1) is 0 Å². The lowest BCUT2D eigenvalue weighted by molar-refractivity contribution is 1.28. The molecule has 258 valence electrons. The number of thiophene rings is 2. The zero-order valence-electron chi connectivity index (χ0n) is 29.8. The summed E-state index contributed by atoms with van der Waals surface area (Å²) in [5.74, 6) is 0. The van der Waals surface area contributed by atoms with Gasteiger partial charge in [-0.15, -0.1) is 22.7 Å². The smallest absolute Gasteiger partial charge is 0.0540 e. The summed E-state index contributed by atoms with van der Waals surface area (Å²) >= 11 is 3.73. The second-order valence-corrected chi connectivity index (χ2v) is 16.3.